The van der Waals surface area contributed by atoms with Crippen molar-refractivity contribution in [3.8, 4) is 6.07 Å². The molecular formula is C11H9F3N2S. The normalized spacial score (nSPS) is 19.5. The Morgan fingerprint density at radius 1 is 1.47 bits per heavy atom. The zero-order valence-electron chi connectivity index (χ0n) is 8.77. The smallest absolute Gasteiger partial charge is 0.349 e. The van der Waals surface area contributed by atoms with Gasteiger partial charge in [0, 0.05) is 5.69 Å². The Bertz CT molecular complexity index is 539. The van der Waals surface area contributed by atoms with Crippen LogP contribution in [0.5, 0.6) is 0 Å². The molecule has 1 unspecified atom stereocenters. The number of aromatic amines is 1. The lowest BCUT2D eigenvalue weighted by Gasteiger charge is -2.26. The monoisotopic (exact) mass is 258 g/mol. The maximum absolute atomic E-state index is 12.6. The molecule has 1 aromatic rings. The second-order valence-corrected chi connectivity index (χ2v) is 4.52. The van der Waals surface area contributed by atoms with Crippen molar-refractivity contribution in [3.63, 3.8) is 0 Å². The maximum atomic E-state index is 12.6. The largest absolute Gasteiger partial charge is 0.392 e. The first kappa shape index (κ1) is 12.1. The van der Waals surface area contributed by atoms with Gasteiger partial charge in [-0.2, -0.15) is 18.4 Å². The first-order valence-corrected chi connectivity index (χ1v) is 5.54. The van der Waals surface area contributed by atoms with Gasteiger partial charge in [0.2, 0.25) is 0 Å². The molecule has 1 aromatic heterocycles. The van der Waals surface area contributed by atoms with Crippen LogP contribution in [0.4, 0.5) is 13.2 Å². The van der Waals surface area contributed by atoms with Crippen LogP contribution in [0.2, 0.25) is 0 Å². The van der Waals surface area contributed by atoms with Crippen molar-refractivity contribution >= 4 is 12.2 Å². The lowest BCUT2D eigenvalue weighted by Crippen LogP contribution is -2.29. The highest BCUT2D eigenvalue weighted by Gasteiger charge is 2.41. The van der Waals surface area contributed by atoms with Crippen molar-refractivity contribution in [2.75, 3.05) is 0 Å². The third-order valence-electron chi connectivity index (χ3n) is 3.01. The quantitative estimate of drug-likeness (QED) is 0.725. The van der Waals surface area contributed by atoms with E-state index in [0.717, 1.165) is 5.69 Å². The number of halogens is 3. The van der Waals surface area contributed by atoms with E-state index < -0.39 is 12.1 Å². The van der Waals surface area contributed by atoms with Gasteiger partial charge in [0.1, 0.15) is 10.7 Å². The molecule has 0 amide bonds. The van der Waals surface area contributed by atoms with E-state index in [1.165, 1.54) is 6.07 Å². The first-order valence-electron chi connectivity index (χ1n) is 5.13. The van der Waals surface area contributed by atoms with Crippen LogP contribution in [-0.2, 0) is 12.8 Å². The Morgan fingerprint density at radius 2 is 2.18 bits per heavy atom. The summed E-state index contributed by atoms with van der Waals surface area (Å²) in [4.78, 5) is 2.84. The molecule has 0 aliphatic heterocycles. The van der Waals surface area contributed by atoms with Crippen molar-refractivity contribution in [3.05, 3.63) is 27.5 Å². The minimum atomic E-state index is -4.17. The summed E-state index contributed by atoms with van der Waals surface area (Å²) in [6.07, 6.45) is -3.83. The minimum Gasteiger partial charge on any atom is -0.349 e. The standard InChI is InChI=1S/C11H9F3N2S/c12-11(13,14)8-1-2-9-6(4-8)3-7(5-15)10(17)16-9/h3,8H,1-2,4H2,(H,16,17). The molecule has 1 atom stereocenters. The molecule has 17 heavy (non-hydrogen) atoms. The number of hydrogen-bond donors (Lipinski definition) is 1. The predicted molar refractivity (Wildman–Crippen MR) is 57.9 cm³/mol. The molecule has 0 saturated carbocycles. The number of rotatable bonds is 0. The third kappa shape index (κ3) is 2.34. The summed E-state index contributed by atoms with van der Waals surface area (Å²) in [6, 6.07) is 3.36. The number of aryl methyl sites for hydroxylation is 1. The van der Waals surface area contributed by atoms with Crippen molar-refractivity contribution in [1.29, 1.82) is 5.26 Å². The van der Waals surface area contributed by atoms with Gasteiger partial charge < -0.3 is 4.98 Å². The van der Waals surface area contributed by atoms with Crippen LogP contribution in [0.3, 0.4) is 0 Å². The average Bonchev–Trinajstić information content (AvgIpc) is 2.26. The molecule has 0 saturated heterocycles. The molecule has 0 bridgehead atoms. The molecule has 0 aromatic carbocycles. The second-order valence-electron chi connectivity index (χ2n) is 4.11. The van der Waals surface area contributed by atoms with Crippen molar-refractivity contribution in [2.45, 2.75) is 25.4 Å². The van der Waals surface area contributed by atoms with E-state index in [2.05, 4.69) is 4.98 Å². The third-order valence-corrected chi connectivity index (χ3v) is 3.33. The zero-order valence-corrected chi connectivity index (χ0v) is 9.58. The second kappa shape index (κ2) is 4.15. The van der Waals surface area contributed by atoms with Gasteiger partial charge in [-0.25, -0.2) is 0 Å². The van der Waals surface area contributed by atoms with Crippen molar-refractivity contribution < 1.29 is 13.2 Å². The summed E-state index contributed by atoms with van der Waals surface area (Å²) < 4.78 is 38.1. The van der Waals surface area contributed by atoms with Crippen LogP contribution in [0.1, 0.15) is 23.2 Å². The molecule has 0 spiro atoms. The first-order chi connectivity index (χ1) is 7.91. The highest BCUT2D eigenvalue weighted by atomic mass is 32.1. The highest BCUT2D eigenvalue weighted by molar-refractivity contribution is 7.71. The zero-order chi connectivity index (χ0) is 12.6. The van der Waals surface area contributed by atoms with Crippen LogP contribution >= 0.6 is 12.2 Å². The van der Waals surface area contributed by atoms with Crippen molar-refractivity contribution in [1.82, 2.24) is 4.98 Å². The SMILES string of the molecule is N#Cc1cc2c([nH]c1=S)CCC(C(F)(F)F)C2. The number of nitrogens with zero attached hydrogens (tertiary/aromatic N) is 1. The molecule has 0 radical (unpaired) electrons. The van der Waals surface area contributed by atoms with Crippen LogP contribution in [-0.4, -0.2) is 11.2 Å². The summed E-state index contributed by atoms with van der Waals surface area (Å²) in [5.74, 6) is -1.31. The average molecular weight is 258 g/mol. The molecular weight excluding hydrogens is 249 g/mol. The van der Waals surface area contributed by atoms with E-state index in [4.69, 9.17) is 17.5 Å². The van der Waals surface area contributed by atoms with Gasteiger partial charge in [-0.3, -0.25) is 0 Å². The summed E-state index contributed by atoms with van der Waals surface area (Å²) in [7, 11) is 0. The number of nitrogens with one attached hydrogen (secondary N) is 1. The maximum Gasteiger partial charge on any atom is 0.392 e. The molecule has 0 fully saturated rings. The van der Waals surface area contributed by atoms with E-state index in [0.29, 0.717) is 16.6 Å². The predicted octanol–water partition coefficient (Wildman–Crippen LogP) is 3.28. The highest BCUT2D eigenvalue weighted by Crippen LogP contribution is 2.36. The lowest BCUT2D eigenvalue weighted by molar-refractivity contribution is -0.177. The van der Waals surface area contributed by atoms with Gasteiger partial charge in [-0.1, -0.05) is 12.2 Å². The van der Waals surface area contributed by atoms with Gasteiger partial charge >= 0.3 is 6.18 Å². The number of pyridine rings is 1. The summed E-state index contributed by atoms with van der Waals surface area (Å²) in [6.45, 7) is 0. The molecule has 2 nitrogen and oxygen atoms in total. The van der Waals surface area contributed by atoms with E-state index in [-0.39, 0.29) is 18.4 Å². The Hall–Kier alpha value is -1.35. The van der Waals surface area contributed by atoms with Gasteiger partial charge in [0.25, 0.3) is 0 Å². The van der Waals surface area contributed by atoms with Gasteiger partial charge in [-0.05, 0) is 30.9 Å². The number of hydrogen-bond acceptors (Lipinski definition) is 2. The fourth-order valence-corrected chi connectivity index (χ4v) is 2.29. The number of nitriles is 1. The van der Waals surface area contributed by atoms with E-state index in [1.807, 2.05) is 6.07 Å². The summed E-state index contributed by atoms with van der Waals surface area (Å²) in [5.41, 5.74) is 1.53. The van der Waals surface area contributed by atoms with E-state index >= 15 is 0 Å². The van der Waals surface area contributed by atoms with Crippen LogP contribution in [0.25, 0.3) is 0 Å². The molecule has 1 N–H and O–H groups in total. The van der Waals surface area contributed by atoms with Crippen molar-refractivity contribution in [2.24, 2.45) is 5.92 Å². The number of aromatic nitrogens is 1. The van der Waals surface area contributed by atoms with Gasteiger partial charge in [0.05, 0.1) is 11.5 Å². The minimum absolute atomic E-state index is 0.0698. The Labute approximate surface area is 101 Å². The Balaban J connectivity index is 2.39. The topological polar surface area (TPSA) is 39.6 Å². The number of fused-ring (bicyclic) bond motifs is 1. The van der Waals surface area contributed by atoms with E-state index in [1.54, 1.807) is 0 Å². The van der Waals surface area contributed by atoms with Gasteiger partial charge in [0.15, 0.2) is 0 Å². The Kier molecular flexibility index (Phi) is 2.96. The number of alkyl halides is 3. The molecule has 1 aliphatic carbocycles. The van der Waals surface area contributed by atoms with Crippen LogP contribution in [0.15, 0.2) is 6.07 Å². The summed E-state index contributed by atoms with van der Waals surface area (Å²) in [5, 5.41) is 8.79. The lowest BCUT2D eigenvalue weighted by atomic mass is 9.86. The number of H-pyrrole nitrogens is 1. The van der Waals surface area contributed by atoms with Crippen LogP contribution < -0.4 is 0 Å². The Morgan fingerprint density at radius 3 is 2.76 bits per heavy atom. The molecule has 2 rings (SSSR count). The fraction of sp³-hybridized carbons (Fsp3) is 0.455. The van der Waals surface area contributed by atoms with Gasteiger partial charge in [-0.15, -0.1) is 0 Å². The summed E-state index contributed by atoms with van der Waals surface area (Å²) >= 11 is 4.94. The van der Waals surface area contributed by atoms with Crippen LogP contribution in [0, 0.1) is 21.9 Å². The molecule has 1 heterocycles. The molecule has 6 heteroatoms. The molecule has 1 aliphatic rings. The molecule has 90 valence electrons. The van der Waals surface area contributed by atoms with E-state index in [9.17, 15) is 13.2 Å². The fourth-order valence-electron chi connectivity index (χ4n) is 2.07.